The van der Waals surface area contributed by atoms with Gasteiger partial charge in [0.05, 0.1) is 11.6 Å². The standard InChI is InChI=1S/C33H34N4O/c1-22-18-37(33(38)31-6-4-5-30(32(22)31)27-11-9-25(17-34)10-12-27)29-15-13-28(14-16-29)35-19-23(2)36(24(3)20-35)21-26-7-8-26/h4-6,9-16,18,23-24,26H,7-8,19-21H2,1-3H3. The van der Waals surface area contributed by atoms with Gasteiger partial charge in [-0.2, -0.15) is 5.26 Å². The summed E-state index contributed by atoms with van der Waals surface area (Å²) in [7, 11) is 0. The van der Waals surface area contributed by atoms with Crippen LogP contribution in [0.5, 0.6) is 0 Å². The van der Waals surface area contributed by atoms with Gasteiger partial charge in [0, 0.05) is 54.7 Å². The van der Waals surface area contributed by atoms with Crippen LogP contribution in [0, 0.1) is 24.2 Å². The molecule has 6 rings (SSSR count). The number of benzene rings is 3. The summed E-state index contributed by atoms with van der Waals surface area (Å²) in [6.07, 6.45) is 4.74. The van der Waals surface area contributed by atoms with Gasteiger partial charge in [0.25, 0.3) is 5.56 Å². The van der Waals surface area contributed by atoms with Crippen molar-refractivity contribution in [3.63, 3.8) is 0 Å². The normalized spacial score (nSPS) is 20.0. The van der Waals surface area contributed by atoms with E-state index < -0.39 is 0 Å². The van der Waals surface area contributed by atoms with Crippen LogP contribution in [0.1, 0.15) is 37.8 Å². The first-order chi connectivity index (χ1) is 18.4. The van der Waals surface area contributed by atoms with E-state index >= 15 is 0 Å². The summed E-state index contributed by atoms with van der Waals surface area (Å²) in [5.41, 5.74) is 5.74. The summed E-state index contributed by atoms with van der Waals surface area (Å²) in [6, 6.07) is 25.1. The number of anilines is 1. The van der Waals surface area contributed by atoms with Crippen molar-refractivity contribution in [3.8, 4) is 22.9 Å². The van der Waals surface area contributed by atoms with Gasteiger partial charge in [0.2, 0.25) is 0 Å². The second-order valence-electron chi connectivity index (χ2n) is 11.2. The summed E-state index contributed by atoms with van der Waals surface area (Å²) in [5.74, 6) is 0.912. The highest BCUT2D eigenvalue weighted by Crippen LogP contribution is 2.33. The Hall–Kier alpha value is -3.88. The summed E-state index contributed by atoms with van der Waals surface area (Å²) in [5, 5.41) is 10.8. The van der Waals surface area contributed by atoms with Gasteiger partial charge in [-0.25, -0.2) is 0 Å². The molecular formula is C33H34N4O. The third-order valence-electron chi connectivity index (χ3n) is 8.32. The SMILES string of the molecule is Cc1cn(-c2ccc(N3CC(C)N(CC4CC4)C(C)C3)cc2)c(=O)c2cccc(-c3ccc(C#N)cc3)c12. The molecule has 192 valence electrons. The van der Waals surface area contributed by atoms with Gasteiger partial charge in [0.15, 0.2) is 0 Å². The number of nitrogens with zero attached hydrogens (tertiary/aromatic N) is 4. The minimum atomic E-state index is -0.0234. The molecule has 3 aromatic carbocycles. The van der Waals surface area contributed by atoms with Crippen LogP contribution in [0.3, 0.4) is 0 Å². The Bertz CT molecular complexity index is 1560. The van der Waals surface area contributed by atoms with E-state index in [1.165, 1.54) is 25.1 Å². The van der Waals surface area contributed by atoms with Crippen LogP contribution < -0.4 is 10.5 Å². The molecule has 2 heterocycles. The predicted molar refractivity (Wildman–Crippen MR) is 155 cm³/mol. The molecule has 0 bridgehead atoms. The fourth-order valence-corrected chi connectivity index (χ4v) is 6.11. The van der Waals surface area contributed by atoms with Gasteiger partial charge in [-0.15, -0.1) is 0 Å². The Morgan fingerprint density at radius 2 is 1.55 bits per heavy atom. The Labute approximate surface area is 224 Å². The van der Waals surface area contributed by atoms with Crippen molar-refractivity contribution in [1.82, 2.24) is 9.47 Å². The summed E-state index contributed by atoms with van der Waals surface area (Å²) in [4.78, 5) is 18.8. The average molecular weight is 503 g/mol. The Morgan fingerprint density at radius 3 is 2.18 bits per heavy atom. The second kappa shape index (κ2) is 9.78. The lowest BCUT2D eigenvalue weighted by atomic mass is 9.96. The first-order valence-corrected chi connectivity index (χ1v) is 13.7. The summed E-state index contributed by atoms with van der Waals surface area (Å²) >= 11 is 0. The molecule has 1 saturated carbocycles. The van der Waals surface area contributed by atoms with E-state index in [1.807, 2.05) is 48.7 Å². The number of piperazine rings is 1. The Balaban J connectivity index is 1.30. The smallest absolute Gasteiger partial charge is 0.262 e. The van der Waals surface area contributed by atoms with E-state index in [9.17, 15) is 4.79 Å². The molecule has 38 heavy (non-hydrogen) atoms. The minimum absolute atomic E-state index is 0.0234. The van der Waals surface area contributed by atoms with Crippen LogP contribution in [-0.2, 0) is 0 Å². The van der Waals surface area contributed by atoms with Gasteiger partial charge in [-0.1, -0.05) is 24.3 Å². The minimum Gasteiger partial charge on any atom is -0.368 e. The van der Waals surface area contributed by atoms with Crippen LogP contribution in [-0.4, -0.2) is 41.2 Å². The molecule has 1 aromatic heterocycles. The molecule has 1 aliphatic carbocycles. The molecule has 2 unspecified atom stereocenters. The molecule has 2 fully saturated rings. The van der Waals surface area contributed by atoms with Crippen LogP contribution in [0.2, 0.25) is 0 Å². The number of hydrogen-bond acceptors (Lipinski definition) is 4. The molecule has 4 aromatic rings. The predicted octanol–water partition coefficient (Wildman–Crippen LogP) is 6.15. The number of nitriles is 1. The second-order valence-corrected chi connectivity index (χ2v) is 11.2. The van der Waals surface area contributed by atoms with Crippen molar-refractivity contribution >= 4 is 16.5 Å². The summed E-state index contributed by atoms with van der Waals surface area (Å²) < 4.78 is 1.77. The van der Waals surface area contributed by atoms with Gasteiger partial charge < -0.3 is 4.90 Å². The van der Waals surface area contributed by atoms with Crippen molar-refractivity contribution < 1.29 is 0 Å². The zero-order valence-electron chi connectivity index (χ0n) is 22.4. The van der Waals surface area contributed by atoms with E-state index in [-0.39, 0.29) is 5.56 Å². The zero-order chi connectivity index (χ0) is 26.4. The van der Waals surface area contributed by atoms with Gasteiger partial charge in [-0.3, -0.25) is 14.3 Å². The van der Waals surface area contributed by atoms with E-state index in [4.69, 9.17) is 5.26 Å². The zero-order valence-corrected chi connectivity index (χ0v) is 22.4. The largest absolute Gasteiger partial charge is 0.368 e. The van der Waals surface area contributed by atoms with E-state index in [1.54, 1.807) is 4.57 Å². The first kappa shape index (κ1) is 24.5. The highest BCUT2D eigenvalue weighted by molar-refractivity contribution is 5.98. The lowest BCUT2D eigenvalue weighted by molar-refractivity contribution is 0.125. The van der Waals surface area contributed by atoms with Gasteiger partial charge in [-0.05, 0) is 104 Å². The van der Waals surface area contributed by atoms with Crippen molar-refractivity contribution in [2.45, 2.75) is 45.7 Å². The molecule has 0 radical (unpaired) electrons. The number of hydrogen-bond donors (Lipinski definition) is 0. The maximum absolute atomic E-state index is 13.7. The van der Waals surface area contributed by atoms with Crippen molar-refractivity contribution in [2.75, 3.05) is 24.5 Å². The number of aromatic nitrogens is 1. The van der Waals surface area contributed by atoms with E-state index in [0.29, 0.717) is 23.0 Å². The first-order valence-electron chi connectivity index (χ1n) is 13.7. The Kier molecular flexibility index (Phi) is 6.29. The van der Waals surface area contributed by atoms with Crippen LogP contribution in [0.25, 0.3) is 27.6 Å². The van der Waals surface area contributed by atoms with E-state index in [0.717, 1.165) is 46.8 Å². The highest BCUT2D eigenvalue weighted by atomic mass is 16.1. The third-order valence-corrected chi connectivity index (χ3v) is 8.32. The summed E-state index contributed by atoms with van der Waals surface area (Å²) in [6.45, 7) is 10.1. The van der Waals surface area contributed by atoms with Crippen LogP contribution in [0.15, 0.2) is 77.7 Å². The van der Waals surface area contributed by atoms with Crippen LogP contribution >= 0.6 is 0 Å². The molecule has 2 aliphatic rings. The topological polar surface area (TPSA) is 52.3 Å². The fraction of sp³-hybridized carbons (Fsp3) is 0.333. The monoisotopic (exact) mass is 502 g/mol. The number of aryl methyl sites for hydroxylation is 1. The van der Waals surface area contributed by atoms with Gasteiger partial charge in [0.1, 0.15) is 0 Å². The Morgan fingerprint density at radius 1 is 0.895 bits per heavy atom. The fourth-order valence-electron chi connectivity index (χ4n) is 6.11. The molecular weight excluding hydrogens is 468 g/mol. The average Bonchev–Trinajstić information content (AvgIpc) is 3.77. The molecule has 0 spiro atoms. The maximum atomic E-state index is 13.7. The van der Waals surface area contributed by atoms with Crippen LogP contribution in [0.4, 0.5) is 5.69 Å². The van der Waals surface area contributed by atoms with Crippen molar-refractivity contribution in [2.24, 2.45) is 5.92 Å². The lowest BCUT2D eigenvalue weighted by Crippen LogP contribution is -2.57. The van der Waals surface area contributed by atoms with Crippen molar-refractivity contribution in [1.29, 1.82) is 5.26 Å². The molecule has 1 aliphatic heterocycles. The highest BCUT2D eigenvalue weighted by Gasteiger charge is 2.34. The maximum Gasteiger partial charge on any atom is 0.262 e. The molecule has 1 saturated heterocycles. The third kappa shape index (κ3) is 4.50. The van der Waals surface area contributed by atoms with E-state index in [2.05, 4.69) is 60.9 Å². The quantitative estimate of drug-likeness (QED) is 0.329. The molecule has 5 heteroatoms. The van der Waals surface area contributed by atoms with Gasteiger partial charge >= 0.3 is 0 Å². The molecule has 0 amide bonds. The lowest BCUT2D eigenvalue weighted by Gasteiger charge is -2.45. The number of rotatable bonds is 5. The molecule has 0 N–H and O–H groups in total. The molecule has 2 atom stereocenters. The molecule has 5 nitrogen and oxygen atoms in total. The van der Waals surface area contributed by atoms with Crippen molar-refractivity contribution in [3.05, 3.63) is 94.4 Å². The number of pyridine rings is 1. The number of fused-ring (bicyclic) bond motifs is 1.